The molecule has 0 aliphatic carbocycles. The van der Waals surface area contributed by atoms with E-state index in [9.17, 15) is 0 Å². The lowest BCUT2D eigenvalue weighted by molar-refractivity contribution is -0.162. The molecule has 0 N–H and O–H groups in total. The van der Waals surface area contributed by atoms with Gasteiger partial charge in [0.05, 0.1) is 6.61 Å². The van der Waals surface area contributed by atoms with Gasteiger partial charge in [0.1, 0.15) is 0 Å². The van der Waals surface area contributed by atoms with E-state index < -0.39 is 0 Å². The molecule has 0 aromatic heterocycles. The van der Waals surface area contributed by atoms with E-state index in [4.69, 9.17) is 9.47 Å². The third-order valence-corrected chi connectivity index (χ3v) is 2.89. The highest BCUT2D eigenvalue weighted by molar-refractivity contribution is 5.33. The van der Waals surface area contributed by atoms with Gasteiger partial charge in [-0.15, -0.1) is 0 Å². The van der Waals surface area contributed by atoms with Crippen LogP contribution in [0.1, 0.15) is 37.7 Å². The minimum atomic E-state index is 0.0285. The van der Waals surface area contributed by atoms with Crippen LogP contribution >= 0.6 is 0 Å². The fourth-order valence-electron chi connectivity index (χ4n) is 1.90. The maximum Gasteiger partial charge on any atom is 0.157 e. The maximum absolute atomic E-state index is 5.65. The van der Waals surface area contributed by atoms with Crippen LogP contribution in [0.25, 0.3) is 0 Å². The molecule has 1 aromatic carbocycles. The number of hydrogen-bond acceptors (Lipinski definition) is 2. The van der Waals surface area contributed by atoms with E-state index in [0.29, 0.717) is 0 Å². The minimum absolute atomic E-state index is 0.0285. The molecule has 0 spiro atoms. The summed E-state index contributed by atoms with van der Waals surface area (Å²) < 4.78 is 11.1. The molecule has 1 heterocycles. The molecule has 2 rings (SSSR count). The van der Waals surface area contributed by atoms with Gasteiger partial charge in [-0.1, -0.05) is 30.0 Å². The summed E-state index contributed by atoms with van der Waals surface area (Å²) in [7, 11) is 0. The van der Waals surface area contributed by atoms with Crippen LogP contribution in [-0.2, 0) is 9.47 Å². The molecule has 0 amide bonds. The summed E-state index contributed by atoms with van der Waals surface area (Å²) in [5.41, 5.74) is 1.08. The van der Waals surface area contributed by atoms with Gasteiger partial charge in [0.25, 0.3) is 0 Å². The number of benzene rings is 1. The van der Waals surface area contributed by atoms with Gasteiger partial charge < -0.3 is 9.47 Å². The second-order valence-corrected chi connectivity index (χ2v) is 4.44. The summed E-state index contributed by atoms with van der Waals surface area (Å²) in [5.74, 6) is 6.31. The number of unbranched alkanes of at least 4 members (excludes halogenated alkanes) is 1. The largest absolute Gasteiger partial charge is 0.353 e. The molecular formula is C16H20O2. The lowest BCUT2D eigenvalue weighted by Crippen LogP contribution is -2.22. The maximum atomic E-state index is 5.65. The highest BCUT2D eigenvalue weighted by Gasteiger charge is 2.12. The molecule has 2 nitrogen and oxygen atoms in total. The van der Waals surface area contributed by atoms with Crippen molar-refractivity contribution in [1.29, 1.82) is 0 Å². The summed E-state index contributed by atoms with van der Waals surface area (Å²) in [4.78, 5) is 0. The molecule has 0 radical (unpaired) electrons. The molecule has 0 saturated carbocycles. The molecule has 96 valence electrons. The zero-order chi connectivity index (χ0) is 12.5. The van der Waals surface area contributed by atoms with Crippen LogP contribution in [0.3, 0.4) is 0 Å². The van der Waals surface area contributed by atoms with Gasteiger partial charge in [0.2, 0.25) is 0 Å². The molecule has 1 unspecified atom stereocenters. The van der Waals surface area contributed by atoms with Gasteiger partial charge in [-0.05, 0) is 37.8 Å². The SMILES string of the molecule is C(#Cc1ccccc1)CCCOC1CCCCO1. The van der Waals surface area contributed by atoms with E-state index in [0.717, 1.165) is 38.0 Å². The molecule has 1 fully saturated rings. The van der Waals surface area contributed by atoms with Gasteiger partial charge in [-0.2, -0.15) is 0 Å². The zero-order valence-electron chi connectivity index (χ0n) is 10.7. The predicted octanol–water partition coefficient (Wildman–Crippen LogP) is 3.36. The summed E-state index contributed by atoms with van der Waals surface area (Å²) in [6.07, 6.45) is 5.30. The predicted molar refractivity (Wildman–Crippen MR) is 72.1 cm³/mol. The first-order valence-corrected chi connectivity index (χ1v) is 6.72. The first-order chi connectivity index (χ1) is 8.95. The Balaban J connectivity index is 1.57. The third-order valence-electron chi connectivity index (χ3n) is 2.89. The fraction of sp³-hybridized carbons (Fsp3) is 0.500. The first kappa shape index (κ1) is 13.1. The van der Waals surface area contributed by atoms with Crippen molar-refractivity contribution in [3.63, 3.8) is 0 Å². The Kier molecular flexibility index (Phi) is 5.78. The highest BCUT2D eigenvalue weighted by atomic mass is 16.7. The summed E-state index contributed by atoms with van der Waals surface area (Å²) in [6, 6.07) is 10.1. The Labute approximate surface area is 109 Å². The Morgan fingerprint density at radius 3 is 2.89 bits per heavy atom. The lowest BCUT2D eigenvalue weighted by atomic mass is 10.2. The Morgan fingerprint density at radius 2 is 2.11 bits per heavy atom. The van der Waals surface area contributed by atoms with Crippen molar-refractivity contribution in [3.05, 3.63) is 35.9 Å². The van der Waals surface area contributed by atoms with Crippen molar-refractivity contribution in [2.45, 2.75) is 38.4 Å². The van der Waals surface area contributed by atoms with Crippen LogP contribution in [0.4, 0.5) is 0 Å². The second kappa shape index (κ2) is 7.92. The Morgan fingerprint density at radius 1 is 1.22 bits per heavy atom. The molecule has 18 heavy (non-hydrogen) atoms. The molecule has 2 heteroatoms. The molecule has 1 atom stereocenters. The molecule has 1 saturated heterocycles. The van der Waals surface area contributed by atoms with Crippen molar-refractivity contribution in [2.24, 2.45) is 0 Å². The summed E-state index contributed by atoms with van der Waals surface area (Å²) >= 11 is 0. The van der Waals surface area contributed by atoms with E-state index in [1.165, 1.54) is 12.8 Å². The molecule has 1 aliphatic heterocycles. The smallest absolute Gasteiger partial charge is 0.157 e. The third kappa shape index (κ3) is 4.91. The fourth-order valence-corrected chi connectivity index (χ4v) is 1.90. The van der Waals surface area contributed by atoms with E-state index >= 15 is 0 Å². The van der Waals surface area contributed by atoms with Crippen LogP contribution in [0.5, 0.6) is 0 Å². The van der Waals surface area contributed by atoms with Crippen molar-refractivity contribution < 1.29 is 9.47 Å². The number of hydrogen-bond donors (Lipinski definition) is 0. The van der Waals surface area contributed by atoms with E-state index in [-0.39, 0.29) is 6.29 Å². The number of rotatable bonds is 4. The Bertz CT molecular complexity index is 383. The van der Waals surface area contributed by atoms with Crippen molar-refractivity contribution in [2.75, 3.05) is 13.2 Å². The molecular weight excluding hydrogens is 224 g/mol. The van der Waals surface area contributed by atoms with Crippen LogP contribution in [-0.4, -0.2) is 19.5 Å². The minimum Gasteiger partial charge on any atom is -0.353 e. The van der Waals surface area contributed by atoms with Crippen molar-refractivity contribution in [1.82, 2.24) is 0 Å². The quantitative estimate of drug-likeness (QED) is 0.597. The second-order valence-electron chi connectivity index (χ2n) is 4.44. The van der Waals surface area contributed by atoms with Crippen LogP contribution < -0.4 is 0 Å². The molecule has 1 aliphatic rings. The van der Waals surface area contributed by atoms with Gasteiger partial charge in [0, 0.05) is 18.6 Å². The zero-order valence-corrected chi connectivity index (χ0v) is 10.7. The van der Waals surface area contributed by atoms with Crippen molar-refractivity contribution in [3.8, 4) is 11.8 Å². The average molecular weight is 244 g/mol. The molecule has 0 bridgehead atoms. The normalized spacial score (nSPS) is 19.0. The Hall–Kier alpha value is -1.30. The van der Waals surface area contributed by atoms with E-state index in [1.54, 1.807) is 0 Å². The highest BCUT2D eigenvalue weighted by Crippen LogP contribution is 2.13. The van der Waals surface area contributed by atoms with Crippen LogP contribution in [0.15, 0.2) is 30.3 Å². The standard InChI is InChI=1S/C16H20O2/c1-3-9-15(10-4-1)11-5-2-7-13-17-16-12-6-8-14-18-16/h1,3-4,9-10,16H,2,6-8,12-14H2. The van der Waals surface area contributed by atoms with Gasteiger partial charge >= 0.3 is 0 Å². The molecule has 1 aromatic rings. The van der Waals surface area contributed by atoms with Crippen molar-refractivity contribution >= 4 is 0 Å². The average Bonchev–Trinajstić information content (AvgIpc) is 2.45. The van der Waals surface area contributed by atoms with Gasteiger partial charge in [-0.3, -0.25) is 0 Å². The van der Waals surface area contributed by atoms with Gasteiger partial charge in [0.15, 0.2) is 6.29 Å². The first-order valence-electron chi connectivity index (χ1n) is 6.72. The number of ether oxygens (including phenoxy) is 2. The van der Waals surface area contributed by atoms with Crippen LogP contribution in [0, 0.1) is 11.8 Å². The topological polar surface area (TPSA) is 18.5 Å². The van der Waals surface area contributed by atoms with Gasteiger partial charge in [-0.25, -0.2) is 0 Å². The monoisotopic (exact) mass is 244 g/mol. The summed E-state index contributed by atoms with van der Waals surface area (Å²) in [5, 5.41) is 0. The lowest BCUT2D eigenvalue weighted by Gasteiger charge is -2.22. The van der Waals surface area contributed by atoms with E-state index in [2.05, 4.69) is 11.8 Å². The van der Waals surface area contributed by atoms with E-state index in [1.807, 2.05) is 30.3 Å². The summed E-state index contributed by atoms with van der Waals surface area (Å²) in [6.45, 7) is 1.59. The van der Waals surface area contributed by atoms with Crippen LogP contribution in [0.2, 0.25) is 0 Å².